The number of hydrogen-bond acceptors (Lipinski definition) is 4. The number of ketones is 1. The zero-order chi connectivity index (χ0) is 16.3. The Labute approximate surface area is 127 Å². The molecule has 1 N–H and O–H groups in total. The van der Waals surface area contributed by atoms with E-state index in [0.29, 0.717) is 25.4 Å². The van der Waals surface area contributed by atoms with Crippen LogP contribution in [0.5, 0.6) is 0 Å². The SMILES string of the molecule is CC(C)(C)OC(=O)N1CCC(CCC(=O)C(C)(C)O)CC1. The monoisotopic (exact) mass is 299 g/mol. The molecule has 1 heterocycles. The van der Waals surface area contributed by atoms with Gasteiger partial charge in [0, 0.05) is 19.5 Å². The maximum absolute atomic E-state index is 11.9. The van der Waals surface area contributed by atoms with E-state index in [9.17, 15) is 14.7 Å². The lowest BCUT2D eigenvalue weighted by atomic mass is 9.89. The summed E-state index contributed by atoms with van der Waals surface area (Å²) < 4.78 is 5.36. The highest BCUT2D eigenvalue weighted by Crippen LogP contribution is 2.24. The number of aliphatic hydroxyl groups is 1. The zero-order valence-corrected chi connectivity index (χ0v) is 13.9. The van der Waals surface area contributed by atoms with E-state index in [0.717, 1.165) is 19.3 Å². The molecular weight excluding hydrogens is 270 g/mol. The van der Waals surface area contributed by atoms with E-state index in [1.165, 1.54) is 13.8 Å². The van der Waals surface area contributed by atoms with E-state index >= 15 is 0 Å². The van der Waals surface area contributed by atoms with Crippen LogP contribution in [0.2, 0.25) is 0 Å². The van der Waals surface area contributed by atoms with Gasteiger partial charge in [-0.2, -0.15) is 0 Å². The minimum Gasteiger partial charge on any atom is -0.444 e. The molecule has 0 unspecified atom stereocenters. The molecule has 1 rings (SSSR count). The Hall–Kier alpha value is -1.10. The van der Waals surface area contributed by atoms with Crippen molar-refractivity contribution < 1.29 is 19.4 Å². The maximum atomic E-state index is 11.9. The molecule has 0 aromatic rings. The van der Waals surface area contributed by atoms with E-state index < -0.39 is 11.2 Å². The summed E-state index contributed by atoms with van der Waals surface area (Å²) in [6, 6.07) is 0. The second-order valence-electron chi connectivity index (χ2n) is 7.43. The van der Waals surface area contributed by atoms with Crippen molar-refractivity contribution in [3.05, 3.63) is 0 Å². The third kappa shape index (κ3) is 6.46. The molecule has 1 aliphatic heterocycles. The van der Waals surface area contributed by atoms with Crippen LogP contribution < -0.4 is 0 Å². The lowest BCUT2D eigenvalue weighted by Gasteiger charge is -2.33. The first-order valence-corrected chi connectivity index (χ1v) is 7.72. The van der Waals surface area contributed by atoms with Crippen LogP contribution in [0.1, 0.15) is 60.3 Å². The second kappa shape index (κ2) is 6.77. The summed E-state index contributed by atoms with van der Waals surface area (Å²) in [5, 5.41) is 9.62. The Balaban J connectivity index is 2.33. The number of amides is 1. The van der Waals surface area contributed by atoms with Crippen LogP contribution in [0, 0.1) is 5.92 Å². The van der Waals surface area contributed by atoms with Crippen molar-refractivity contribution in [3.63, 3.8) is 0 Å². The molecule has 122 valence electrons. The van der Waals surface area contributed by atoms with Crippen LogP contribution in [0.4, 0.5) is 4.79 Å². The van der Waals surface area contributed by atoms with Gasteiger partial charge in [0.05, 0.1) is 0 Å². The van der Waals surface area contributed by atoms with Gasteiger partial charge in [0.15, 0.2) is 5.78 Å². The van der Waals surface area contributed by atoms with E-state index in [1.54, 1.807) is 4.90 Å². The van der Waals surface area contributed by atoms with Crippen LogP contribution in [-0.4, -0.2) is 46.2 Å². The van der Waals surface area contributed by atoms with Crippen LogP contribution in [0.25, 0.3) is 0 Å². The normalized spacial score (nSPS) is 17.7. The Morgan fingerprint density at radius 1 is 1.14 bits per heavy atom. The van der Waals surface area contributed by atoms with Crippen molar-refractivity contribution in [2.45, 2.75) is 71.5 Å². The summed E-state index contributed by atoms with van der Waals surface area (Å²) in [7, 11) is 0. The fourth-order valence-corrected chi connectivity index (χ4v) is 2.37. The number of nitrogens with zero attached hydrogens (tertiary/aromatic N) is 1. The maximum Gasteiger partial charge on any atom is 0.410 e. The van der Waals surface area contributed by atoms with Crippen LogP contribution >= 0.6 is 0 Å². The molecule has 0 aromatic heterocycles. The minimum atomic E-state index is -1.24. The molecule has 0 radical (unpaired) electrons. The average Bonchev–Trinajstić information content (AvgIpc) is 2.33. The molecule has 21 heavy (non-hydrogen) atoms. The summed E-state index contributed by atoms with van der Waals surface area (Å²) in [5.41, 5.74) is -1.70. The van der Waals surface area contributed by atoms with Gasteiger partial charge in [-0.1, -0.05) is 0 Å². The number of carbonyl (C=O) groups excluding carboxylic acids is 2. The van der Waals surface area contributed by atoms with Crippen LogP contribution in [-0.2, 0) is 9.53 Å². The Morgan fingerprint density at radius 2 is 1.67 bits per heavy atom. The van der Waals surface area contributed by atoms with Crippen molar-refractivity contribution in [3.8, 4) is 0 Å². The molecule has 1 saturated heterocycles. The van der Waals surface area contributed by atoms with Gasteiger partial charge in [0.1, 0.15) is 11.2 Å². The van der Waals surface area contributed by atoms with Crippen molar-refractivity contribution in [1.82, 2.24) is 4.90 Å². The van der Waals surface area contributed by atoms with E-state index in [2.05, 4.69) is 0 Å². The molecule has 0 saturated carbocycles. The zero-order valence-electron chi connectivity index (χ0n) is 13.9. The predicted octanol–water partition coefficient (Wildman–Crippen LogP) is 2.75. The summed E-state index contributed by atoms with van der Waals surface area (Å²) in [5.74, 6) is 0.326. The van der Waals surface area contributed by atoms with Crippen molar-refractivity contribution in [2.24, 2.45) is 5.92 Å². The highest BCUT2D eigenvalue weighted by atomic mass is 16.6. The molecule has 1 amide bonds. The van der Waals surface area contributed by atoms with Gasteiger partial charge in [-0.25, -0.2) is 4.79 Å². The van der Waals surface area contributed by atoms with E-state index in [-0.39, 0.29) is 11.9 Å². The van der Waals surface area contributed by atoms with Crippen LogP contribution in [0.15, 0.2) is 0 Å². The van der Waals surface area contributed by atoms with Crippen molar-refractivity contribution in [2.75, 3.05) is 13.1 Å². The fraction of sp³-hybridized carbons (Fsp3) is 0.875. The highest BCUT2D eigenvalue weighted by molar-refractivity contribution is 5.86. The lowest BCUT2D eigenvalue weighted by Crippen LogP contribution is -2.42. The minimum absolute atomic E-state index is 0.114. The second-order valence-corrected chi connectivity index (χ2v) is 7.43. The van der Waals surface area contributed by atoms with Gasteiger partial charge < -0.3 is 14.7 Å². The fourth-order valence-electron chi connectivity index (χ4n) is 2.37. The van der Waals surface area contributed by atoms with Crippen LogP contribution in [0.3, 0.4) is 0 Å². The lowest BCUT2D eigenvalue weighted by molar-refractivity contribution is -0.134. The number of carbonyl (C=O) groups is 2. The Morgan fingerprint density at radius 3 is 2.10 bits per heavy atom. The molecule has 1 fully saturated rings. The molecule has 5 heteroatoms. The molecule has 0 atom stereocenters. The van der Waals surface area contributed by atoms with Gasteiger partial charge in [0.2, 0.25) is 0 Å². The summed E-state index contributed by atoms with van der Waals surface area (Å²) >= 11 is 0. The standard InChI is InChI=1S/C16H29NO4/c1-15(2,3)21-14(19)17-10-8-12(9-11-17)6-7-13(18)16(4,5)20/h12,20H,6-11H2,1-5H3. The Kier molecular flexibility index (Phi) is 5.79. The number of rotatable bonds is 4. The molecular formula is C16H29NO4. The Bertz CT molecular complexity index is 371. The van der Waals surface area contributed by atoms with Gasteiger partial charge in [-0.05, 0) is 59.8 Å². The topological polar surface area (TPSA) is 66.8 Å². The largest absolute Gasteiger partial charge is 0.444 e. The third-order valence-electron chi connectivity index (χ3n) is 3.73. The molecule has 0 bridgehead atoms. The smallest absolute Gasteiger partial charge is 0.410 e. The van der Waals surface area contributed by atoms with Gasteiger partial charge in [-0.15, -0.1) is 0 Å². The van der Waals surface area contributed by atoms with E-state index in [1.807, 2.05) is 20.8 Å². The molecule has 5 nitrogen and oxygen atoms in total. The number of likely N-dealkylation sites (tertiary alicyclic amines) is 1. The predicted molar refractivity (Wildman–Crippen MR) is 81.1 cm³/mol. The van der Waals surface area contributed by atoms with Gasteiger partial charge in [0.25, 0.3) is 0 Å². The van der Waals surface area contributed by atoms with E-state index in [4.69, 9.17) is 4.74 Å². The summed E-state index contributed by atoms with van der Waals surface area (Å²) in [6.07, 6.45) is 2.70. The molecule has 0 aliphatic carbocycles. The number of ether oxygens (including phenoxy) is 1. The molecule has 1 aliphatic rings. The number of Topliss-reactive ketones (excluding diaryl/α,β-unsaturated/α-hetero) is 1. The highest BCUT2D eigenvalue weighted by Gasteiger charge is 2.28. The number of piperidine rings is 1. The average molecular weight is 299 g/mol. The summed E-state index contributed by atoms with van der Waals surface area (Å²) in [4.78, 5) is 25.4. The number of hydrogen-bond donors (Lipinski definition) is 1. The first-order chi connectivity index (χ1) is 9.49. The summed E-state index contributed by atoms with van der Waals surface area (Å²) in [6.45, 7) is 9.99. The first kappa shape index (κ1) is 18.0. The molecule has 0 spiro atoms. The third-order valence-corrected chi connectivity index (χ3v) is 3.73. The van der Waals surface area contributed by atoms with Gasteiger partial charge >= 0.3 is 6.09 Å². The van der Waals surface area contributed by atoms with Gasteiger partial charge in [-0.3, -0.25) is 4.79 Å². The van der Waals surface area contributed by atoms with Crippen molar-refractivity contribution >= 4 is 11.9 Å². The molecule has 0 aromatic carbocycles. The van der Waals surface area contributed by atoms with Crippen molar-refractivity contribution in [1.29, 1.82) is 0 Å². The quantitative estimate of drug-likeness (QED) is 0.866. The first-order valence-electron chi connectivity index (χ1n) is 7.72.